The third kappa shape index (κ3) is 5.60. The molecule has 47 heavy (non-hydrogen) atoms. The third-order valence-electron chi connectivity index (χ3n) is 11.5. The molecule has 0 amide bonds. The fourth-order valence-electron chi connectivity index (χ4n) is 8.81. The number of pyridine rings is 1. The quantitative estimate of drug-likeness (QED) is 0.319. The van der Waals surface area contributed by atoms with Crippen LogP contribution in [0.15, 0.2) is 64.1 Å². The minimum absolute atomic E-state index is 0.0260. The molecular formula is C37H43NO9. The summed E-state index contributed by atoms with van der Waals surface area (Å²) in [6.07, 6.45) is 3.12. The second-order valence-electron chi connectivity index (χ2n) is 14.1. The normalized spacial score (nSPS) is 32.5. The molecule has 250 valence electrons. The van der Waals surface area contributed by atoms with Crippen LogP contribution in [0.2, 0.25) is 0 Å². The lowest BCUT2D eigenvalue weighted by atomic mass is 9.41. The highest BCUT2D eigenvalue weighted by atomic mass is 16.6. The summed E-state index contributed by atoms with van der Waals surface area (Å²) in [7, 11) is 1.58. The first-order valence-electron chi connectivity index (χ1n) is 16.2. The Morgan fingerprint density at radius 3 is 2.53 bits per heavy atom. The summed E-state index contributed by atoms with van der Waals surface area (Å²) in [6, 6.07) is 12.3. The van der Waals surface area contributed by atoms with Crippen molar-refractivity contribution in [1.82, 2.24) is 4.98 Å². The van der Waals surface area contributed by atoms with E-state index in [-0.39, 0.29) is 47.9 Å². The number of nitrogens with zero attached hydrogens (tertiary/aromatic N) is 1. The zero-order valence-electron chi connectivity index (χ0n) is 27.8. The number of carbonyl (C=O) groups is 2. The van der Waals surface area contributed by atoms with E-state index in [9.17, 15) is 19.5 Å². The van der Waals surface area contributed by atoms with Gasteiger partial charge in [0.25, 0.3) is 0 Å². The summed E-state index contributed by atoms with van der Waals surface area (Å²) < 4.78 is 29.8. The van der Waals surface area contributed by atoms with Crippen molar-refractivity contribution in [2.45, 2.75) is 78.1 Å². The Balaban J connectivity index is 1.44. The lowest BCUT2D eigenvalue weighted by Crippen LogP contribution is -2.70. The maximum absolute atomic E-state index is 13.6. The molecule has 3 heterocycles. The van der Waals surface area contributed by atoms with Crippen LogP contribution < -0.4 is 15.1 Å². The van der Waals surface area contributed by atoms with Crippen molar-refractivity contribution in [3.63, 3.8) is 0 Å². The van der Waals surface area contributed by atoms with Crippen LogP contribution in [0.4, 0.5) is 0 Å². The van der Waals surface area contributed by atoms with E-state index >= 15 is 0 Å². The number of hydrogen-bond acceptors (Lipinski definition) is 10. The average molecular weight is 646 g/mol. The molecule has 10 heteroatoms. The molecule has 0 saturated heterocycles. The number of aliphatic hydroxyl groups excluding tert-OH is 1. The Kier molecular flexibility index (Phi) is 8.45. The SMILES string of the molecule is COc1ccc(CC(=O)O[C@H]2CC3[C@](C)(CC[C@H](C)[C@@]3(C)COC(C)=O)C3[C@@H](O)c4c(cc(-c5cccnc5)oc4=O)O[C@@]32C)cc1. The highest BCUT2D eigenvalue weighted by Gasteiger charge is 2.70. The Bertz CT molecular complexity index is 1700. The topological polar surface area (TPSA) is 134 Å². The zero-order chi connectivity index (χ0) is 33.7. The molecule has 2 saturated carbocycles. The van der Waals surface area contributed by atoms with Crippen LogP contribution in [-0.4, -0.2) is 47.5 Å². The number of aromatic nitrogens is 1. The fraction of sp³-hybridized carbons (Fsp3) is 0.514. The van der Waals surface area contributed by atoms with Crippen molar-refractivity contribution < 1.29 is 38.1 Å². The van der Waals surface area contributed by atoms with E-state index in [0.717, 1.165) is 18.4 Å². The number of hydrogen-bond donors (Lipinski definition) is 1. The van der Waals surface area contributed by atoms with Gasteiger partial charge in [-0.2, -0.15) is 0 Å². The van der Waals surface area contributed by atoms with E-state index < -0.39 is 46.2 Å². The van der Waals surface area contributed by atoms with E-state index in [4.69, 9.17) is 23.4 Å². The molecule has 3 aromatic rings. The molecular weight excluding hydrogens is 602 g/mol. The van der Waals surface area contributed by atoms with Gasteiger partial charge in [0, 0.05) is 42.3 Å². The number of benzene rings is 1. The summed E-state index contributed by atoms with van der Waals surface area (Å²) in [5.74, 6) is -0.330. The van der Waals surface area contributed by atoms with E-state index in [1.165, 1.54) is 6.92 Å². The molecule has 3 aliphatic rings. The van der Waals surface area contributed by atoms with Gasteiger partial charge in [-0.1, -0.05) is 32.9 Å². The molecule has 1 aliphatic heterocycles. The molecule has 0 spiro atoms. The monoisotopic (exact) mass is 645 g/mol. The summed E-state index contributed by atoms with van der Waals surface area (Å²) >= 11 is 0. The van der Waals surface area contributed by atoms with Crippen LogP contribution in [0, 0.1) is 28.6 Å². The number of carbonyl (C=O) groups excluding carboxylic acids is 2. The van der Waals surface area contributed by atoms with Crippen molar-refractivity contribution in [1.29, 1.82) is 0 Å². The molecule has 1 aromatic carbocycles. The third-order valence-corrected chi connectivity index (χ3v) is 11.5. The molecule has 10 nitrogen and oxygen atoms in total. The van der Waals surface area contributed by atoms with Crippen LogP contribution in [0.25, 0.3) is 11.3 Å². The Morgan fingerprint density at radius 2 is 1.87 bits per heavy atom. The molecule has 0 radical (unpaired) electrons. The predicted molar refractivity (Wildman–Crippen MR) is 172 cm³/mol. The molecule has 0 bridgehead atoms. The van der Waals surface area contributed by atoms with Crippen LogP contribution in [-0.2, 0) is 25.5 Å². The Hall–Kier alpha value is -4.18. The smallest absolute Gasteiger partial charge is 0.345 e. The second kappa shape index (κ2) is 12.1. The highest BCUT2D eigenvalue weighted by Crippen LogP contribution is 2.68. The summed E-state index contributed by atoms with van der Waals surface area (Å²) in [5.41, 5.74) is -1.60. The summed E-state index contributed by atoms with van der Waals surface area (Å²) in [4.78, 5) is 43.4. The zero-order valence-corrected chi connectivity index (χ0v) is 27.8. The number of ether oxygens (including phenoxy) is 4. The largest absolute Gasteiger partial charge is 0.497 e. The van der Waals surface area contributed by atoms with Crippen molar-refractivity contribution in [3.05, 3.63) is 76.4 Å². The number of methoxy groups -OCH3 is 1. The van der Waals surface area contributed by atoms with Gasteiger partial charge in [-0.3, -0.25) is 14.6 Å². The predicted octanol–water partition coefficient (Wildman–Crippen LogP) is 5.69. The van der Waals surface area contributed by atoms with E-state index in [1.54, 1.807) is 49.8 Å². The molecule has 8 atom stereocenters. The Labute approximate surface area is 274 Å². The standard InChI is InChI=1S/C37H43NO9/c1-21-13-14-35(3)28(36(21,4)20-44-22(2)39)18-29(46-30(40)16-23-9-11-25(43-6)12-10-23)37(5)33(35)32(41)31-27(47-37)17-26(45-34(31)42)24-8-7-15-38-19-24/h7-12,15,17,19,21,28-29,32-33,41H,13-14,16,18,20H2,1-6H3/t21-,28?,29-,32-,33?,35-,36+,37+/m0/s1. The molecule has 2 unspecified atom stereocenters. The maximum Gasteiger partial charge on any atom is 0.345 e. The van der Waals surface area contributed by atoms with Crippen LogP contribution in [0.5, 0.6) is 11.5 Å². The summed E-state index contributed by atoms with van der Waals surface area (Å²) in [6.45, 7) is 9.84. The van der Waals surface area contributed by atoms with Crippen molar-refractivity contribution in [3.8, 4) is 22.8 Å². The van der Waals surface area contributed by atoms with E-state index in [0.29, 0.717) is 17.7 Å². The maximum atomic E-state index is 13.6. The first kappa shape index (κ1) is 32.7. The average Bonchev–Trinajstić information content (AvgIpc) is 3.03. The van der Waals surface area contributed by atoms with Gasteiger partial charge >= 0.3 is 17.6 Å². The van der Waals surface area contributed by atoms with Crippen LogP contribution >= 0.6 is 0 Å². The highest BCUT2D eigenvalue weighted by molar-refractivity contribution is 5.73. The number of rotatable bonds is 7. The minimum atomic E-state index is -1.27. The number of esters is 2. The first-order valence-corrected chi connectivity index (χ1v) is 16.2. The number of aliphatic hydroxyl groups is 1. The van der Waals surface area contributed by atoms with Gasteiger partial charge in [-0.25, -0.2) is 4.79 Å². The Morgan fingerprint density at radius 1 is 1.13 bits per heavy atom. The van der Waals surface area contributed by atoms with Crippen molar-refractivity contribution in [2.24, 2.45) is 28.6 Å². The van der Waals surface area contributed by atoms with Crippen LogP contribution in [0.3, 0.4) is 0 Å². The first-order chi connectivity index (χ1) is 22.3. The van der Waals surface area contributed by atoms with E-state index in [2.05, 4.69) is 25.8 Å². The van der Waals surface area contributed by atoms with Crippen molar-refractivity contribution in [2.75, 3.05) is 13.7 Å². The lowest BCUT2D eigenvalue weighted by molar-refractivity contribution is -0.262. The second-order valence-corrected chi connectivity index (χ2v) is 14.1. The van der Waals surface area contributed by atoms with Gasteiger partial charge in [0.15, 0.2) is 0 Å². The molecule has 2 aliphatic carbocycles. The lowest BCUT2D eigenvalue weighted by Gasteiger charge is -2.66. The van der Waals surface area contributed by atoms with Gasteiger partial charge in [-0.05, 0) is 73.3 Å². The molecule has 1 N–H and O–H groups in total. The van der Waals surface area contributed by atoms with Crippen LogP contribution in [0.1, 0.15) is 71.1 Å². The van der Waals surface area contributed by atoms with Gasteiger partial charge in [0.1, 0.15) is 34.5 Å². The molecule has 2 fully saturated rings. The van der Waals surface area contributed by atoms with Gasteiger partial charge in [-0.15, -0.1) is 0 Å². The summed E-state index contributed by atoms with van der Waals surface area (Å²) in [5, 5.41) is 12.3. The van der Waals surface area contributed by atoms with Crippen molar-refractivity contribution >= 4 is 11.9 Å². The number of fused-ring (bicyclic) bond motifs is 4. The molecule has 6 rings (SSSR count). The van der Waals surface area contributed by atoms with E-state index in [1.807, 2.05) is 19.1 Å². The molecule has 2 aromatic heterocycles. The van der Waals surface area contributed by atoms with Gasteiger partial charge in [0.2, 0.25) is 0 Å². The van der Waals surface area contributed by atoms with Gasteiger partial charge in [0.05, 0.1) is 26.2 Å². The fourth-order valence-corrected chi connectivity index (χ4v) is 8.81. The minimum Gasteiger partial charge on any atom is -0.497 e. The van der Waals surface area contributed by atoms with Gasteiger partial charge < -0.3 is 28.5 Å².